The lowest BCUT2D eigenvalue weighted by atomic mass is 10.2. The molecule has 0 aliphatic carbocycles. The van der Waals surface area contributed by atoms with Crippen molar-refractivity contribution in [3.63, 3.8) is 0 Å². The Morgan fingerprint density at radius 2 is 1.63 bits per heavy atom. The van der Waals surface area contributed by atoms with Gasteiger partial charge in [0, 0.05) is 33.8 Å². The minimum atomic E-state index is -0.451. The molecule has 3 aromatic rings. The van der Waals surface area contributed by atoms with Crippen molar-refractivity contribution in [2.24, 2.45) is 0 Å². The molecule has 2 aromatic carbocycles. The predicted octanol–water partition coefficient (Wildman–Crippen LogP) is 4.98. The van der Waals surface area contributed by atoms with Crippen molar-refractivity contribution in [2.75, 3.05) is 12.3 Å². The summed E-state index contributed by atoms with van der Waals surface area (Å²) in [5, 5.41) is -0.170. The Morgan fingerprint density at radius 1 is 1.00 bits per heavy atom. The van der Waals surface area contributed by atoms with Crippen LogP contribution in [0.2, 0.25) is 0 Å². The van der Waals surface area contributed by atoms with E-state index < -0.39 is 5.97 Å². The fourth-order valence-corrected chi connectivity index (χ4v) is 4.19. The Morgan fingerprint density at radius 3 is 2.23 bits per heavy atom. The first-order valence-electron chi connectivity index (χ1n) is 11.0. The van der Waals surface area contributed by atoms with Gasteiger partial charge in [-0.3, -0.25) is 9.59 Å². The second kappa shape index (κ2) is 12.5. The summed E-state index contributed by atoms with van der Waals surface area (Å²) in [5.74, 6) is -0.108. The van der Waals surface area contributed by atoms with E-state index in [0.717, 1.165) is 17.5 Å². The maximum absolute atomic E-state index is 12.9. The van der Waals surface area contributed by atoms with Crippen LogP contribution in [-0.2, 0) is 16.1 Å². The van der Waals surface area contributed by atoms with Crippen LogP contribution in [0, 0.1) is 6.92 Å². The Labute approximate surface area is 209 Å². The maximum Gasteiger partial charge on any atom is 0.338 e. The number of benzene rings is 2. The van der Waals surface area contributed by atoms with Crippen LogP contribution in [0.15, 0.2) is 83.4 Å². The first kappa shape index (κ1) is 25.7. The first-order valence-corrected chi connectivity index (χ1v) is 11.8. The minimum absolute atomic E-state index is 0.0520. The number of hydrogen-bond acceptors (Lipinski definition) is 7. The van der Waals surface area contributed by atoms with E-state index in [1.807, 2.05) is 31.2 Å². The summed E-state index contributed by atoms with van der Waals surface area (Å²) in [7, 11) is 0. The quantitative estimate of drug-likeness (QED) is 0.316. The Balaban J connectivity index is 1.81. The summed E-state index contributed by atoms with van der Waals surface area (Å²) in [5.41, 5.74) is 9.06. The van der Waals surface area contributed by atoms with Crippen molar-refractivity contribution in [3.8, 4) is 0 Å². The highest BCUT2D eigenvalue weighted by Crippen LogP contribution is 2.29. The van der Waals surface area contributed by atoms with Gasteiger partial charge in [0.05, 0.1) is 18.7 Å². The molecule has 0 aliphatic rings. The van der Waals surface area contributed by atoms with E-state index in [4.69, 9.17) is 10.5 Å². The number of anilines is 1. The smallest absolute Gasteiger partial charge is 0.338 e. The van der Waals surface area contributed by atoms with E-state index in [1.165, 1.54) is 4.90 Å². The second-order valence-corrected chi connectivity index (χ2v) is 8.81. The van der Waals surface area contributed by atoms with Gasteiger partial charge in [0.25, 0.3) is 0 Å². The number of thioether (sulfide) groups is 1. The fourth-order valence-electron chi connectivity index (χ4n) is 3.26. The molecule has 1 aromatic heterocycles. The van der Waals surface area contributed by atoms with Crippen LogP contribution in [0.4, 0.5) is 5.82 Å². The molecular formula is C27H27N3O4S. The monoisotopic (exact) mass is 489 g/mol. The lowest BCUT2D eigenvalue weighted by Crippen LogP contribution is -2.22. The molecule has 0 bridgehead atoms. The van der Waals surface area contributed by atoms with Crippen molar-refractivity contribution in [1.82, 2.24) is 9.88 Å². The van der Waals surface area contributed by atoms with Gasteiger partial charge < -0.3 is 15.4 Å². The third-order valence-electron chi connectivity index (χ3n) is 5.25. The van der Waals surface area contributed by atoms with Crippen LogP contribution in [0.5, 0.6) is 0 Å². The molecule has 0 aliphatic heterocycles. The van der Waals surface area contributed by atoms with E-state index in [-0.39, 0.29) is 24.7 Å². The number of nitrogen functional groups attached to an aromatic ring is 1. The molecule has 7 nitrogen and oxygen atoms in total. The molecule has 0 fully saturated rings. The van der Waals surface area contributed by atoms with Crippen LogP contribution < -0.4 is 5.73 Å². The van der Waals surface area contributed by atoms with Crippen LogP contribution in [-0.4, -0.2) is 34.0 Å². The number of pyridine rings is 1. The molecule has 8 heteroatoms. The van der Waals surface area contributed by atoms with Crippen molar-refractivity contribution < 1.29 is 19.1 Å². The van der Waals surface area contributed by atoms with Crippen molar-refractivity contribution >= 4 is 35.1 Å². The summed E-state index contributed by atoms with van der Waals surface area (Å²) in [6.07, 6.45) is 0.956. The van der Waals surface area contributed by atoms with E-state index in [0.29, 0.717) is 39.5 Å². The van der Waals surface area contributed by atoms with Crippen LogP contribution in [0.1, 0.15) is 45.3 Å². The molecule has 3 rings (SSSR count). The zero-order valence-corrected chi connectivity index (χ0v) is 20.5. The second-order valence-electron chi connectivity index (χ2n) is 7.75. The largest absolute Gasteiger partial charge is 0.462 e. The molecule has 0 radical (unpaired) electrons. The SMILES string of the molecule is C/C(=C(\CCOC(=O)c1ccccc1)SC(=O)c1ccccc1)N(C=O)Cc1ccc(C)nc1N. The van der Waals surface area contributed by atoms with Gasteiger partial charge in [-0.25, -0.2) is 9.78 Å². The molecule has 0 saturated carbocycles. The summed E-state index contributed by atoms with van der Waals surface area (Å²) >= 11 is 1.02. The van der Waals surface area contributed by atoms with Gasteiger partial charge in [-0.15, -0.1) is 0 Å². The Kier molecular flexibility index (Phi) is 9.20. The van der Waals surface area contributed by atoms with Crippen molar-refractivity contribution in [2.45, 2.75) is 26.8 Å². The number of ether oxygens (including phenoxy) is 1. The topological polar surface area (TPSA) is 103 Å². The lowest BCUT2D eigenvalue weighted by molar-refractivity contribution is -0.116. The number of nitrogens with two attached hydrogens (primary N) is 1. The molecule has 35 heavy (non-hydrogen) atoms. The number of aryl methyl sites for hydroxylation is 1. The number of allylic oxidation sites excluding steroid dienone is 1. The molecule has 0 saturated heterocycles. The number of esters is 1. The Bertz CT molecular complexity index is 1210. The van der Waals surface area contributed by atoms with E-state index in [1.54, 1.807) is 55.5 Å². The van der Waals surface area contributed by atoms with Crippen molar-refractivity contribution in [3.05, 3.63) is 106 Å². The zero-order chi connectivity index (χ0) is 25.2. The summed E-state index contributed by atoms with van der Waals surface area (Å²) in [6.45, 7) is 3.84. The number of amides is 1. The van der Waals surface area contributed by atoms with E-state index >= 15 is 0 Å². The molecular weight excluding hydrogens is 462 g/mol. The van der Waals surface area contributed by atoms with Gasteiger partial charge in [-0.05, 0) is 43.8 Å². The standard InChI is InChI=1S/C27H27N3O4S/c1-19-13-14-23(25(28)29-19)17-30(18-31)20(2)24(35-27(33)22-11-7-4-8-12-22)15-16-34-26(32)21-9-5-3-6-10-21/h3-14,18H,15-17H2,1-2H3,(H2,28,29)/b24-20-. The summed E-state index contributed by atoms with van der Waals surface area (Å²) in [6, 6.07) is 21.2. The highest BCUT2D eigenvalue weighted by atomic mass is 32.2. The fraction of sp³-hybridized carbons (Fsp3) is 0.185. The molecule has 0 atom stereocenters. The van der Waals surface area contributed by atoms with Gasteiger partial charge in [0.2, 0.25) is 11.5 Å². The molecule has 180 valence electrons. The summed E-state index contributed by atoms with van der Waals surface area (Å²) < 4.78 is 5.43. The molecule has 0 unspecified atom stereocenters. The molecule has 0 spiro atoms. The van der Waals surface area contributed by atoms with Gasteiger partial charge >= 0.3 is 5.97 Å². The number of carbonyl (C=O) groups is 3. The predicted molar refractivity (Wildman–Crippen MR) is 137 cm³/mol. The van der Waals surface area contributed by atoms with Crippen LogP contribution in [0.3, 0.4) is 0 Å². The molecule has 1 heterocycles. The zero-order valence-electron chi connectivity index (χ0n) is 19.6. The third-order valence-corrected chi connectivity index (χ3v) is 6.42. The first-order chi connectivity index (χ1) is 16.9. The van der Waals surface area contributed by atoms with Crippen LogP contribution >= 0.6 is 11.8 Å². The number of hydrogen-bond donors (Lipinski definition) is 1. The van der Waals surface area contributed by atoms with Gasteiger partial charge in [0.1, 0.15) is 5.82 Å². The highest BCUT2D eigenvalue weighted by Gasteiger charge is 2.18. The lowest BCUT2D eigenvalue weighted by Gasteiger charge is -2.22. The van der Waals surface area contributed by atoms with E-state index in [9.17, 15) is 14.4 Å². The minimum Gasteiger partial charge on any atom is -0.462 e. The van der Waals surface area contributed by atoms with Crippen molar-refractivity contribution in [1.29, 1.82) is 0 Å². The van der Waals surface area contributed by atoms with E-state index in [2.05, 4.69) is 4.98 Å². The van der Waals surface area contributed by atoms with Crippen LogP contribution in [0.25, 0.3) is 0 Å². The number of carbonyl (C=O) groups excluding carboxylic acids is 3. The van der Waals surface area contributed by atoms with Gasteiger partial charge in [-0.2, -0.15) is 0 Å². The van der Waals surface area contributed by atoms with Gasteiger partial charge in [-0.1, -0.05) is 54.6 Å². The van der Waals surface area contributed by atoms with Gasteiger partial charge in [0.15, 0.2) is 0 Å². The number of rotatable bonds is 10. The third kappa shape index (κ3) is 7.28. The Hall–Kier alpha value is -3.91. The average Bonchev–Trinajstić information content (AvgIpc) is 2.88. The molecule has 2 N–H and O–H groups in total. The summed E-state index contributed by atoms with van der Waals surface area (Å²) in [4.78, 5) is 43.6. The maximum atomic E-state index is 12.9. The number of nitrogens with zero attached hydrogens (tertiary/aromatic N) is 2. The normalized spacial score (nSPS) is 11.4. The highest BCUT2D eigenvalue weighted by molar-refractivity contribution is 8.17. The average molecular weight is 490 g/mol. The molecule has 1 amide bonds. The number of aromatic nitrogens is 1.